The quantitative estimate of drug-likeness (QED) is 0.181. The van der Waals surface area contributed by atoms with E-state index in [9.17, 15) is 0 Å². The van der Waals surface area contributed by atoms with Gasteiger partial charge >= 0.3 is 7.12 Å². The SMILES string of the molecule is CC1(C)OB(c2cccc(-c3ccc4c(c3)sc3c5ccccc5c5ccccc5c43)c2)OC1(C)C. The lowest BCUT2D eigenvalue weighted by Gasteiger charge is -2.32. The van der Waals surface area contributed by atoms with E-state index in [0.717, 1.165) is 5.46 Å². The van der Waals surface area contributed by atoms with Crippen LogP contribution in [0.1, 0.15) is 27.7 Å². The van der Waals surface area contributed by atoms with Crippen LogP contribution in [0, 0.1) is 0 Å². The minimum atomic E-state index is -0.360. The molecule has 0 amide bonds. The summed E-state index contributed by atoms with van der Waals surface area (Å²) in [6.07, 6.45) is 0. The van der Waals surface area contributed by atoms with Crippen molar-refractivity contribution < 1.29 is 9.31 Å². The summed E-state index contributed by atoms with van der Waals surface area (Å²) in [5.41, 5.74) is 2.74. The van der Waals surface area contributed by atoms with Crippen LogP contribution in [0.15, 0.2) is 91.0 Å². The van der Waals surface area contributed by atoms with Crippen molar-refractivity contribution in [3.63, 3.8) is 0 Å². The van der Waals surface area contributed by atoms with Gasteiger partial charge in [-0.25, -0.2) is 0 Å². The molecule has 0 bridgehead atoms. The van der Waals surface area contributed by atoms with Crippen molar-refractivity contribution in [3.8, 4) is 11.1 Å². The summed E-state index contributed by atoms with van der Waals surface area (Å²) in [6, 6.07) is 33.1. The summed E-state index contributed by atoms with van der Waals surface area (Å²) >= 11 is 1.89. The van der Waals surface area contributed by atoms with Crippen LogP contribution in [0.5, 0.6) is 0 Å². The van der Waals surface area contributed by atoms with Gasteiger partial charge in [0.2, 0.25) is 0 Å². The molecule has 0 aliphatic carbocycles. The Labute approximate surface area is 215 Å². The first-order valence-corrected chi connectivity index (χ1v) is 13.4. The van der Waals surface area contributed by atoms with Gasteiger partial charge in [-0.2, -0.15) is 0 Å². The van der Waals surface area contributed by atoms with Crippen LogP contribution in [-0.2, 0) is 9.31 Å². The fourth-order valence-corrected chi connectivity index (χ4v) is 6.72. The second-order valence-electron chi connectivity index (χ2n) is 10.8. The molecule has 1 aromatic heterocycles. The number of thiophene rings is 1. The fourth-order valence-electron chi connectivity index (χ4n) is 5.43. The molecule has 2 heterocycles. The summed E-state index contributed by atoms with van der Waals surface area (Å²) in [6.45, 7) is 8.39. The molecule has 0 radical (unpaired) electrons. The van der Waals surface area contributed by atoms with E-state index in [1.54, 1.807) is 0 Å². The lowest BCUT2D eigenvalue weighted by Crippen LogP contribution is -2.41. The molecule has 0 unspecified atom stereocenters. The molecular weight excluding hydrogens is 459 g/mol. The molecule has 1 fully saturated rings. The van der Waals surface area contributed by atoms with Crippen molar-refractivity contribution in [1.82, 2.24) is 0 Å². The summed E-state index contributed by atoms with van der Waals surface area (Å²) in [5, 5.41) is 7.98. The lowest BCUT2D eigenvalue weighted by molar-refractivity contribution is 0.00578. The van der Waals surface area contributed by atoms with Crippen LogP contribution in [0.4, 0.5) is 0 Å². The highest BCUT2D eigenvalue weighted by molar-refractivity contribution is 7.27. The Bertz CT molecular complexity index is 1800. The monoisotopic (exact) mass is 486 g/mol. The van der Waals surface area contributed by atoms with E-state index in [4.69, 9.17) is 9.31 Å². The largest absolute Gasteiger partial charge is 0.494 e. The second-order valence-corrected chi connectivity index (χ2v) is 11.9. The molecule has 176 valence electrons. The predicted octanol–water partition coefficient (Wildman–Crippen LogP) is 8.33. The molecule has 0 saturated carbocycles. The van der Waals surface area contributed by atoms with E-state index in [-0.39, 0.29) is 18.3 Å². The Balaban J connectivity index is 1.39. The normalized spacial score (nSPS) is 17.1. The molecular formula is C32H27BO2S. The van der Waals surface area contributed by atoms with Crippen LogP contribution in [0.2, 0.25) is 0 Å². The van der Waals surface area contributed by atoms with Crippen molar-refractivity contribution >= 4 is 65.6 Å². The highest BCUT2D eigenvalue weighted by Gasteiger charge is 2.51. The summed E-state index contributed by atoms with van der Waals surface area (Å²) in [7, 11) is -0.360. The Morgan fingerprint density at radius 2 is 1.19 bits per heavy atom. The minimum absolute atomic E-state index is 0.352. The van der Waals surface area contributed by atoms with Gasteiger partial charge in [0.25, 0.3) is 0 Å². The van der Waals surface area contributed by atoms with Crippen LogP contribution in [0.3, 0.4) is 0 Å². The minimum Gasteiger partial charge on any atom is -0.399 e. The Hall–Kier alpha value is -3.18. The van der Waals surface area contributed by atoms with Crippen molar-refractivity contribution in [3.05, 3.63) is 91.0 Å². The average Bonchev–Trinajstić information content (AvgIpc) is 3.37. The van der Waals surface area contributed by atoms with E-state index >= 15 is 0 Å². The summed E-state index contributed by atoms with van der Waals surface area (Å²) in [5.74, 6) is 0. The van der Waals surface area contributed by atoms with E-state index in [1.807, 2.05) is 11.3 Å². The van der Waals surface area contributed by atoms with E-state index in [1.165, 1.54) is 52.8 Å². The van der Waals surface area contributed by atoms with Crippen molar-refractivity contribution in [2.75, 3.05) is 0 Å². The van der Waals surface area contributed by atoms with Gasteiger partial charge in [0.1, 0.15) is 0 Å². The lowest BCUT2D eigenvalue weighted by atomic mass is 9.78. The molecule has 7 rings (SSSR count). The first-order chi connectivity index (χ1) is 17.3. The molecule has 36 heavy (non-hydrogen) atoms. The number of rotatable bonds is 2. The summed E-state index contributed by atoms with van der Waals surface area (Å²) in [4.78, 5) is 0. The number of hydrogen-bond donors (Lipinski definition) is 0. The molecule has 4 heteroatoms. The third-order valence-corrected chi connectivity index (χ3v) is 9.28. The third-order valence-electron chi connectivity index (χ3n) is 8.09. The zero-order valence-corrected chi connectivity index (χ0v) is 21.8. The molecule has 0 spiro atoms. The van der Waals surface area contributed by atoms with Gasteiger partial charge in [0.05, 0.1) is 11.2 Å². The molecule has 1 aliphatic heterocycles. The van der Waals surface area contributed by atoms with Crippen LogP contribution < -0.4 is 5.46 Å². The molecule has 1 saturated heterocycles. The van der Waals surface area contributed by atoms with Gasteiger partial charge in [-0.3, -0.25) is 0 Å². The van der Waals surface area contributed by atoms with Gasteiger partial charge in [-0.15, -0.1) is 11.3 Å². The number of hydrogen-bond acceptors (Lipinski definition) is 3. The van der Waals surface area contributed by atoms with Crippen LogP contribution >= 0.6 is 11.3 Å². The first-order valence-electron chi connectivity index (χ1n) is 12.5. The second kappa shape index (κ2) is 7.66. The number of fused-ring (bicyclic) bond motifs is 8. The molecule has 0 N–H and O–H groups in total. The summed E-state index contributed by atoms with van der Waals surface area (Å²) < 4.78 is 15.3. The molecule has 2 nitrogen and oxygen atoms in total. The maximum Gasteiger partial charge on any atom is 0.494 e. The zero-order chi connectivity index (χ0) is 24.7. The molecule has 0 atom stereocenters. The van der Waals surface area contributed by atoms with Gasteiger partial charge in [-0.05, 0) is 66.5 Å². The maximum absolute atomic E-state index is 6.31. The van der Waals surface area contributed by atoms with Crippen molar-refractivity contribution in [1.29, 1.82) is 0 Å². The Morgan fingerprint density at radius 3 is 1.92 bits per heavy atom. The Kier molecular flexibility index (Phi) is 4.69. The van der Waals surface area contributed by atoms with E-state index in [0.29, 0.717) is 0 Å². The smallest absolute Gasteiger partial charge is 0.399 e. The maximum atomic E-state index is 6.31. The van der Waals surface area contributed by atoms with Crippen molar-refractivity contribution in [2.24, 2.45) is 0 Å². The zero-order valence-electron chi connectivity index (χ0n) is 21.0. The Morgan fingerprint density at radius 1 is 0.583 bits per heavy atom. The molecule has 1 aliphatic rings. The predicted molar refractivity (Wildman–Crippen MR) is 155 cm³/mol. The van der Waals surface area contributed by atoms with Crippen molar-refractivity contribution in [2.45, 2.75) is 38.9 Å². The molecule has 6 aromatic rings. The van der Waals surface area contributed by atoms with Gasteiger partial charge < -0.3 is 9.31 Å². The topological polar surface area (TPSA) is 18.5 Å². The van der Waals surface area contributed by atoms with Crippen LogP contribution in [0.25, 0.3) is 52.8 Å². The third kappa shape index (κ3) is 3.18. The van der Waals surface area contributed by atoms with Crippen LogP contribution in [-0.4, -0.2) is 18.3 Å². The van der Waals surface area contributed by atoms with Gasteiger partial charge in [0, 0.05) is 25.6 Å². The fraction of sp³-hybridized carbons (Fsp3) is 0.188. The highest BCUT2D eigenvalue weighted by Crippen LogP contribution is 2.44. The average molecular weight is 486 g/mol. The first kappa shape index (κ1) is 22.1. The van der Waals surface area contributed by atoms with E-state index < -0.39 is 0 Å². The van der Waals surface area contributed by atoms with E-state index in [2.05, 4.69) is 119 Å². The molecule has 5 aromatic carbocycles. The number of benzene rings is 5. The van der Waals surface area contributed by atoms with Gasteiger partial charge in [0.15, 0.2) is 0 Å². The standard InChI is InChI=1S/C32H27BO2S/c1-31(2)32(3,4)35-33(34-31)22-11-9-10-20(18-22)21-16-17-27-28(19-21)36-30-26-15-8-6-13-24(26)23-12-5-7-14-25(23)29(27)30/h5-19H,1-4H3. The highest BCUT2D eigenvalue weighted by atomic mass is 32.1. The van der Waals surface area contributed by atoms with Gasteiger partial charge in [-0.1, -0.05) is 84.9 Å².